The topological polar surface area (TPSA) is 39.1 Å². The summed E-state index contributed by atoms with van der Waals surface area (Å²) in [5.41, 5.74) is 3.00. The highest BCUT2D eigenvalue weighted by Gasteiger charge is 2.20. The molecule has 0 aliphatic heterocycles. The summed E-state index contributed by atoms with van der Waals surface area (Å²) in [6.07, 6.45) is 3.85. The Balaban J connectivity index is 1.79. The first kappa shape index (κ1) is 15.2. The molecule has 0 unspecified atom stereocenters. The summed E-state index contributed by atoms with van der Waals surface area (Å²) in [5.74, 6) is 0.862. The molecule has 0 bridgehead atoms. The Morgan fingerprint density at radius 1 is 1.00 bits per heavy atom. The van der Waals surface area contributed by atoms with Crippen LogP contribution in [-0.2, 0) is 5.54 Å². The summed E-state index contributed by atoms with van der Waals surface area (Å²) in [5, 5.41) is 7.96. The Labute approximate surface area is 136 Å². The van der Waals surface area contributed by atoms with Crippen molar-refractivity contribution in [2.24, 2.45) is 0 Å². The highest BCUT2D eigenvalue weighted by Crippen LogP contribution is 2.27. The van der Waals surface area contributed by atoms with E-state index in [9.17, 15) is 0 Å². The number of nitrogens with zero attached hydrogens (tertiary/aromatic N) is 2. The van der Waals surface area contributed by atoms with E-state index < -0.39 is 0 Å². The van der Waals surface area contributed by atoms with E-state index in [1.54, 1.807) is 7.11 Å². The third-order valence-electron chi connectivity index (χ3n) is 3.87. The Hall–Kier alpha value is -2.75. The average Bonchev–Trinajstić information content (AvgIpc) is 3.03. The van der Waals surface area contributed by atoms with Crippen LogP contribution in [0.25, 0.3) is 5.69 Å². The minimum Gasteiger partial charge on any atom is -0.497 e. The zero-order valence-electron chi connectivity index (χ0n) is 13.7. The highest BCUT2D eigenvalue weighted by atomic mass is 16.5. The van der Waals surface area contributed by atoms with Crippen molar-refractivity contribution < 1.29 is 4.74 Å². The van der Waals surface area contributed by atoms with Crippen LogP contribution in [0.4, 0.5) is 5.69 Å². The van der Waals surface area contributed by atoms with Crippen molar-refractivity contribution in [2.45, 2.75) is 19.4 Å². The number of benzene rings is 2. The quantitative estimate of drug-likeness (QED) is 0.766. The fourth-order valence-corrected chi connectivity index (χ4v) is 2.55. The van der Waals surface area contributed by atoms with Gasteiger partial charge in [0.2, 0.25) is 0 Å². The van der Waals surface area contributed by atoms with E-state index in [-0.39, 0.29) is 5.54 Å². The SMILES string of the molecule is COc1ccc(C(C)(C)Nc2cnn(-c3ccccc3)c2)cc1. The first-order valence-corrected chi connectivity index (χ1v) is 7.61. The second kappa shape index (κ2) is 6.16. The molecule has 1 N–H and O–H groups in total. The molecule has 118 valence electrons. The number of anilines is 1. The number of hydrogen-bond donors (Lipinski definition) is 1. The summed E-state index contributed by atoms with van der Waals surface area (Å²) in [6.45, 7) is 4.29. The van der Waals surface area contributed by atoms with Gasteiger partial charge in [0.05, 0.1) is 36.4 Å². The van der Waals surface area contributed by atoms with Crippen LogP contribution >= 0.6 is 0 Å². The maximum absolute atomic E-state index is 5.22. The molecule has 0 aliphatic rings. The van der Waals surface area contributed by atoms with E-state index in [2.05, 4.69) is 36.4 Å². The molecule has 0 spiro atoms. The number of rotatable bonds is 5. The molecule has 3 aromatic rings. The number of ether oxygens (including phenoxy) is 1. The van der Waals surface area contributed by atoms with E-state index in [1.165, 1.54) is 5.56 Å². The van der Waals surface area contributed by atoms with Gasteiger partial charge in [0, 0.05) is 0 Å². The molecule has 4 nitrogen and oxygen atoms in total. The standard InChI is InChI=1S/C19H21N3O/c1-19(2,15-9-11-18(23-3)12-10-15)21-16-13-20-22(14-16)17-7-5-4-6-8-17/h4-14,21H,1-3H3. The monoisotopic (exact) mass is 307 g/mol. The molecule has 0 saturated carbocycles. The van der Waals surface area contributed by atoms with Gasteiger partial charge in [0.15, 0.2) is 0 Å². The van der Waals surface area contributed by atoms with Gasteiger partial charge in [-0.1, -0.05) is 30.3 Å². The van der Waals surface area contributed by atoms with Gasteiger partial charge in [-0.3, -0.25) is 0 Å². The maximum Gasteiger partial charge on any atom is 0.118 e. The fraction of sp³-hybridized carbons (Fsp3) is 0.211. The largest absolute Gasteiger partial charge is 0.497 e. The Morgan fingerprint density at radius 2 is 1.70 bits per heavy atom. The fourth-order valence-electron chi connectivity index (χ4n) is 2.55. The van der Waals surface area contributed by atoms with Crippen LogP contribution in [0.1, 0.15) is 19.4 Å². The van der Waals surface area contributed by atoms with Crippen LogP contribution < -0.4 is 10.1 Å². The second-order valence-corrected chi connectivity index (χ2v) is 5.99. The molecule has 1 heterocycles. The van der Waals surface area contributed by atoms with Crippen molar-refractivity contribution in [2.75, 3.05) is 12.4 Å². The molecule has 0 saturated heterocycles. The Kier molecular flexibility index (Phi) is 4.06. The summed E-state index contributed by atoms with van der Waals surface area (Å²) in [7, 11) is 1.68. The van der Waals surface area contributed by atoms with E-state index in [0.717, 1.165) is 17.1 Å². The molecule has 0 aliphatic carbocycles. The van der Waals surface area contributed by atoms with E-state index in [1.807, 2.05) is 59.5 Å². The van der Waals surface area contributed by atoms with Crippen LogP contribution in [-0.4, -0.2) is 16.9 Å². The van der Waals surface area contributed by atoms with Crippen molar-refractivity contribution in [3.05, 3.63) is 72.6 Å². The first-order chi connectivity index (χ1) is 11.1. The van der Waals surface area contributed by atoms with Gasteiger partial charge in [-0.25, -0.2) is 4.68 Å². The number of hydrogen-bond acceptors (Lipinski definition) is 3. The summed E-state index contributed by atoms with van der Waals surface area (Å²) >= 11 is 0. The van der Waals surface area contributed by atoms with Gasteiger partial charge in [-0.2, -0.15) is 5.10 Å². The number of methoxy groups -OCH3 is 1. The van der Waals surface area contributed by atoms with Gasteiger partial charge in [-0.05, 0) is 43.7 Å². The van der Waals surface area contributed by atoms with Crippen LogP contribution in [0.5, 0.6) is 5.75 Å². The molecule has 1 aromatic heterocycles. The van der Waals surface area contributed by atoms with E-state index in [0.29, 0.717) is 0 Å². The molecular formula is C19H21N3O. The van der Waals surface area contributed by atoms with Gasteiger partial charge >= 0.3 is 0 Å². The minimum atomic E-state index is -0.211. The molecule has 3 rings (SSSR count). The normalized spacial score (nSPS) is 11.3. The maximum atomic E-state index is 5.22. The number of aromatic nitrogens is 2. The van der Waals surface area contributed by atoms with Crippen LogP contribution in [0.3, 0.4) is 0 Å². The van der Waals surface area contributed by atoms with Gasteiger partial charge in [-0.15, -0.1) is 0 Å². The zero-order valence-corrected chi connectivity index (χ0v) is 13.7. The Bertz CT molecular complexity index is 761. The van der Waals surface area contributed by atoms with Crippen molar-refractivity contribution in [3.8, 4) is 11.4 Å². The number of para-hydroxylation sites is 1. The van der Waals surface area contributed by atoms with Gasteiger partial charge < -0.3 is 10.1 Å². The molecular weight excluding hydrogens is 286 g/mol. The van der Waals surface area contributed by atoms with Crippen LogP contribution in [0, 0.1) is 0 Å². The molecule has 0 atom stereocenters. The summed E-state index contributed by atoms with van der Waals surface area (Å²) < 4.78 is 7.09. The zero-order chi connectivity index (χ0) is 16.3. The predicted octanol–water partition coefficient (Wildman–Crippen LogP) is 4.23. The molecule has 0 radical (unpaired) electrons. The molecule has 0 amide bonds. The first-order valence-electron chi connectivity index (χ1n) is 7.61. The minimum absolute atomic E-state index is 0.211. The molecule has 23 heavy (non-hydrogen) atoms. The second-order valence-electron chi connectivity index (χ2n) is 5.99. The molecule has 2 aromatic carbocycles. The van der Waals surface area contributed by atoms with E-state index >= 15 is 0 Å². The average molecular weight is 307 g/mol. The van der Waals surface area contributed by atoms with Crippen LogP contribution in [0.15, 0.2) is 67.0 Å². The lowest BCUT2D eigenvalue weighted by molar-refractivity contribution is 0.414. The van der Waals surface area contributed by atoms with Crippen molar-refractivity contribution >= 4 is 5.69 Å². The lowest BCUT2D eigenvalue weighted by Crippen LogP contribution is -2.27. The van der Waals surface area contributed by atoms with Crippen molar-refractivity contribution in [3.63, 3.8) is 0 Å². The van der Waals surface area contributed by atoms with E-state index in [4.69, 9.17) is 4.74 Å². The van der Waals surface area contributed by atoms with Crippen LogP contribution in [0.2, 0.25) is 0 Å². The number of nitrogens with one attached hydrogen (secondary N) is 1. The van der Waals surface area contributed by atoms with Crippen molar-refractivity contribution in [1.29, 1.82) is 0 Å². The van der Waals surface area contributed by atoms with Gasteiger partial charge in [0.1, 0.15) is 5.75 Å². The lowest BCUT2D eigenvalue weighted by atomic mass is 9.94. The highest BCUT2D eigenvalue weighted by molar-refractivity contribution is 5.47. The predicted molar refractivity (Wildman–Crippen MR) is 93.2 cm³/mol. The summed E-state index contributed by atoms with van der Waals surface area (Å²) in [6, 6.07) is 18.2. The molecule has 4 heteroatoms. The smallest absolute Gasteiger partial charge is 0.118 e. The third-order valence-corrected chi connectivity index (χ3v) is 3.87. The lowest BCUT2D eigenvalue weighted by Gasteiger charge is -2.27. The van der Waals surface area contributed by atoms with Crippen molar-refractivity contribution in [1.82, 2.24) is 9.78 Å². The van der Waals surface area contributed by atoms with Gasteiger partial charge in [0.25, 0.3) is 0 Å². The third kappa shape index (κ3) is 3.37. The molecule has 0 fully saturated rings. The summed E-state index contributed by atoms with van der Waals surface area (Å²) in [4.78, 5) is 0. The Morgan fingerprint density at radius 3 is 2.35 bits per heavy atom.